The van der Waals surface area contributed by atoms with E-state index >= 15 is 0 Å². The van der Waals surface area contributed by atoms with Crippen molar-refractivity contribution >= 4 is 45.1 Å². The summed E-state index contributed by atoms with van der Waals surface area (Å²) in [6.07, 6.45) is 1.13. The average molecular weight is 359 g/mol. The lowest BCUT2D eigenvalue weighted by atomic mass is 10.2. The van der Waals surface area contributed by atoms with Gasteiger partial charge in [0.25, 0.3) is 5.91 Å². The number of carboxylic acid groups (broad SMARTS) is 1. The molecule has 0 radical (unpaired) electrons. The highest BCUT2D eigenvalue weighted by atomic mass is 79.9. The topological polar surface area (TPSA) is 84.2 Å². The van der Waals surface area contributed by atoms with Crippen LogP contribution in [0.4, 0.5) is 5.69 Å². The van der Waals surface area contributed by atoms with Gasteiger partial charge in [0.05, 0.1) is 11.2 Å². The summed E-state index contributed by atoms with van der Waals surface area (Å²) < 4.78 is 1.91. The van der Waals surface area contributed by atoms with Gasteiger partial charge in [-0.25, -0.2) is 4.79 Å². The van der Waals surface area contributed by atoms with Crippen LogP contribution in [-0.2, 0) is 7.05 Å². The summed E-state index contributed by atoms with van der Waals surface area (Å²) >= 11 is 9.17. The molecule has 0 aliphatic carbocycles. The summed E-state index contributed by atoms with van der Waals surface area (Å²) in [4.78, 5) is 23.2. The first-order valence-electron chi connectivity index (χ1n) is 5.42. The Morgan fingerprint density at radius 3 is 2.75 bits per heavy atom. The lowest BCUT2D eigenvalue weighted by molar-refractivity contribution is 0.0692. The molecule has 104 valence electrons. The van der Waals surface area contributed by atoms with Gasteiger partial charge in [-0.05, 0) is 34.1 Å². The molecular weight excluding hydrogens is 350 g/mol. The van der Waals surface area contributed by atoms with Gasteiger partial charge in [-0.2, -0.15) is 5.10 Å². The summed E-state index contributed by atoms with van der Waals surface area (Å²) in [6, 6.07) is 4.88. The molecule has 1 aromatic heterocycles. The third-order valence-corrected chi connectivity index (χ3v) is 3.79. The molecule has 2 N–H and O–H groups in total. The predicted octanol–water partition coefficient (Wildman–Crippen LogP) is 2.79. The zero-order chi connectivity index (χ0) is 14.9. The summed E-state index contributed by atoms with van der Waals surface area (Å²) in [5.41, 5.74) is 0.269. The van der Waals surface area contributed by atoms with E-state index in [1.165, 1.54) is 11.7 Å². The van der Waals surface area contributed by atoms with Crippen LogP contribution in [0.2, 0.25) is 5.02 Å². The zero-order valence-corrected chi connectivity index (χ0v) is 12.6. The van der Waals surface area contributed by atoms with Crippen LogP contribution in [0.3, 0.4) is 0 Å². The minimum atomic E-state index is -1.21. The van der Waals surface area contributed by atoms with Crippen LogP contribution in [0.25, 0.3) is 0 Å². The number of carboxylic acids is 1. The number of rotatable bonds is 3. The van der Waals surface area contributed by atoms with Gasteiger partial charge in [0.1, 0.15) is 11.3 Å². The minimum absolute atomic E-state index is 0.0310. The van der Waals surface area contributed by atoms with Crippen LogP contribution in [0.1, 0.15) is 20.8 Å². The summed E-state index contributed by atoms with van der Waals surface area (Å²) in [6.45, 7) is 0. The Morgan fingerprint density at radius 2 is 2.15 bits per heavy atom. The van der Waals surface area contributed by atoms with E-state index in [-0.39, 0.29) is 11.3 Å². The van der Waals surface area contributed by atoms with Gasteiger partial charge in [0.2, 0.25) is 0 Å². The Labute approximate surface area is 127 Å². The molecule has 0 saturated heterocycles. The normalized spacial score (nSPS) is 10.3. The van der Waals surface area contributed by atoms with Crippen molar-refractivity contribution in [2.75, 3.05) is 5.32 Å². The van der Waals surface area contributed by atoms with Crippen molar-refractivity contribution in [2.24, 2.45) is 7.05 Å². The van der Waals surface area contributed by atoms with Crippen LogP contribution in [-0.4, -0.2) is 26.8 Å². The standard InChI is InChI=1S/C12H9BrClN3O3/c1-17-10(7(5-15-17)12(19)20)11(18)16-6-2-3-8(13)9(14)4-6/h2-5H,1H3,(H,16,18)(H,19,20). The van der Waals surface area contributed by atoms with Crippen LogP contribution >= 0.6 is 27.5 Å². The fraction of sp³-hybridized carbons (Fsp3) is 0.0833. The second-order valence-electron chi connectivity index (χ2n) is 3.92. The summed E-state index contributed by atoms with van der Waals surface area (Å²) in [5, 5.41) is 15.8. The van der Waals surface area contributed by atoms with Crippen molar-refractivity contribution in [3.8, 4) is 0 Å². The van der Waals surface area contributed by atoms with Crippen molar-refractivity contribution in [1.82, 2.24) is 9.78 Å². The highest BCUT2D eigenvalue weighted by Gasteiger charge is 2.21. The molecule has 0 aliphatic heterocycles. The lowest BCUT2D eigenvalue weighted by Crippen LogP contribution is -2.19. The summed E-state index contributed by atoms with van der Waals surface area (Å²) in [7, 11) is 1.50. The first-order valence-corrected chi connectivity index (χ1v) is 6.59. The molecule has 1 amide bonds. The van der Waals surface area contributed by atoms with E-state index < -0.39 is 11.9 Å². The zero-order valence-electron chi connectivity index (χ0n) is 10.2. The fourth-order valence-electron chi connectivity index (χ4n) is 1.63. The highest BCUT2D eigenvalue weighted by molar-refractivity contribution is 9.10. The van der Waals surface area contributed by atoms with Crippen LogP contribution < -0.4 is 5.32 Å². The quantitative estimate of drug-likeness (QED) is 0.883. The maximum absolute atomic E-state index is 12.1. The SMILES string of the molecule is Cn1ncc(C(=O)O)c1C(=O)Nc1ccc(Br)c(Cl)c1. The van der Waals surface area contributed by atoms with Gasteiger partial charge in [0, 0.05) is 17.2 Å². The smallest absolute Gasteiger partial charge is 0.339 e. The van der Waals surface area contributed by atoms with E-state index in [2.05, 4.69) is 26.3 Å². The molecule has 0 bridgehead atoms. The third-order valence-electron chi connectivity index (χ3n) is 2.56. The molecule has 2 aromatic rings. The van der Waals surface area contributed by atoms with Crippen molar-refractivity contribution in [3.05, 3.63) is 45.1 Å². The molecule has 2 rings (SSSR count). The Morgan fingerprint density at radius 1 is 1.45 bits per heavy atom. The monoisotopic (exact) mass is 357 g/mol. The van der Waals surface area contributed by atoms with Crippen LogP contribution in [0.5, 0.6) is 0 Å². The van der Waals surface area contributed by atoms with Crippen LogP contribution in [0, 0.1) is 0 Å². The van der Waals surface area contributed by atoms with E-state index in [0.717, 1.165) is 6.20 Å². The molecule has 0 saturated carbocycles. The molecule has 0 spiro atoms. The van der Waals surface area contributed by atoms with E-state index in [4.69, 9.17) is 16.7 Å². The Balaban J connectivity index is 2.30. The number of benzene rings is 1. The van der Waals surface area contributed by atoms with Crippen molar-refractivity contribution in [2.45, 2.75) is 0 Å². The molecule has 0 fully saturated rings. The molecule has 8 heteroatoms. The number of halogens is 2. The summed E-state index contributed by atoms with van der Waals surface area (Å²) in [5.74, 6) is -1.78. The largest absolute Gasteiger partial charge is 0.478 e. The third kappa shape index (κ3) is 2.83. The second kappa shape index (κ2) is 5.64. The molecule has 0 aliphatic rings. The Bertz CT molecular complexity index is 699. The minimum Gasteiger partial charge on any atom is -0.478 e. The second-order valence-corrected chi connectivity index (χ2v) is 5.18. The number of hydrogen-bond donors (Lipinski definition) is 2. The van der Waals surface area contributed by atoms with E-state index in [9.17, 15) is 9.59 Å². The van der Waals surface area contributed by atoms with Crippen LogP contribution in [0.15, 0.2) is 28.9 Å². The number of carbonyl (C=O) groups excluding carboxylic acids is 1. The van der Waals surface area contributed by atoms with Crippen molar-refractivity contribution in [1.29, 1.82) is 0 Å². The number of anilines is 1. The number of nitrogens with zero attached hydrogens (tertiary/aromatic N) is 2. The van der Waals surface area contributed by atoms with E-state index in [1.807, 2.05) is 0 Å². The van der Waals surface area contributed by atoms with Gasteiger partial charge in [-0.3, -0.25) is 9.48 Å². The molecule has 20 heavy (non-hydrogen) atoms. The fourth-order valence-corrected chi connectivity index (χ4v) is 2.05. The number of hydrogen-bond acceptors (Lipinski definition) is 3. The lowest BCUT2D eigenvalue weighted by Gasteiger charge is -2.07. The van der Waals surface area contributed by atoms with Crippen molar-refractivity contribution in [3.63, 3.8) is 0 Å². The van der Waals surface area contributed by atoms with E-state index in [0.29, 0.717) is 15.2 Å². The first kappa shape index (κ1) is 14.5. The van der Waals surface area contributed by atoms with Crippen molar-refractivity contribution < 1.29 is 14.7 Å². The Hall–Kier alpha value is -1.86. The number of carbonyl (C=O) groups is 2. The molecule has 1 aromatic carbocycles. The molecular formula is C12H9BrClN3O3. The maximum atomic E-state index is 12.1. The molecule has 0 atom stereocenters. The maximum Gasteiger partial charge on any atom is 0.339 e. The highest BCUT2D eigenvalue weighted by Crippen LogP contribution is 2.25. The number of aromatic carboxylic acids is 1. The number of amides is 1. The van der Waals surface area contributed by atoms with Gasteiger partial charge in [-0.1, -0.05) is 11.6 Å². The molecule has 6 nitrogen and oxygen atoms in total. The number of aromatic nitrogens is 2. The molecule has 1 heterocycles. The predicted molar refractivity (Wildman–Crippen MR) is 77.3 cm³/mol. The molecule has 0 unspecified atom stereocenters. The number of nitrogens with one attached hydrogen (secondary N) is 1. The van der Waals surface area contributed by atoms with Gasteiger partial charge < -0.3 is 10.4 Å². The number of aryl methyl sites for hydroxylation is 1. The average Bonchev–Trinajstić information content (AvgIpc) is 2.76. The van der Waals surface area contributed by atoms with Gasteiger partial charge in [-0.15, -0.1) is 0 Å². The Kier molecular flexibility index (Phi) is 4.10. The van der Waals surface area contributed by atoms with Gasteiger partial charge >= 0.3 is 5.97 Å². The van der Waals surface area contributed by atoms with Gasteiger partial charge in [0.15, 0.2) is 0 Å². The van der Waals surface area contributed by atoms with E-state index in [1.54, 1.807) is 18.2 Å². The first-order chi connectivity index (χ1) is 9.40.